The van der Waals surface area contributed by atoms with Crippen molar-refractivity contribution in [3.8, 4) is 0 Å². The molecule has 0 amide bonds. The third kappa shape index (κ3) is 7.46. The van der Waals surface area contributed by atoms with Crippen LogP contribution in [0.1, 0.15) is 51.1 Å². The van der Waals surface area contributed by atoms with Crippen molar-refractivity contribution in [3.63, 3.8) is 0 Å². The molecule has 1 aliphatic rings. The average molecular weight is 318 g/mol. The lowest BCUT2D eigenvalue weighted by atomic mass is 10.1. The summed E-state index contributed by atoms with van der Waals surface area (Å²) in [5, 5.41) is 6.59. The van der Waals surface area contributed by atoms with Crippen molar-refractivity contribution >= 4 is 5.96 Å². The maximum atomic E-state index is 6.00. The molecule has 0 saturated heterocycles. The second-order valence-corrected chi connectivity index (χ2v) is 5.93. The van der Waals surface area contributed by atoms with E-state index in [1.165, 1.54) is 38.5 Å². The third-order valence-corrected chi connectivity index (χ3v) is 4.02. The molecular weight excluding hydrogens is 288 g/mol. The first-order valence-corrected chi connectivity index (χ1v) is 8.92. The summed E-state index contributed by atoms with van der Waals surface area (Å²) in [6.07, 6.45) is 10.0. The maximum absolute atomic E-state index is 6.00. The first-order chi connectivity index (χ1) is 11.4. The molecule has 1 heterocycles. The van der Waals surface area contributed by atoms with Crippen LogP contribution in [-0.2, 0) is 11.3 Å². The van der Waals surface area contributed by atoms with Crippen molar-refractivity contribution < 1.29 is 4.74 Å². The fourth-order valence-electron chi connectivity index (χ4n) is 2.80. The van der Waals surface area contributed by atoms with Gasteiger partial charge in [0.25, 0.3) is 0 Å². The van der Waals surface area contributed by atoms with Crippen LogP contribution in [0, 0.1) is 0 Å². The van der Waals surface area contributed by atoms with Gasteiger partial charge >= 0.3 is 0 Å². The third-order valence-electron chi connectivity index (χ3n) is 4.02. The largest absolute Gasteiger partial charge is 0.376 e. The maximum Gasteiger partial charge on any atom is 0.191 e. The van der Waals surface area contributed by atoms with Gasteiger partial charge in [0.2, 0.25) is 0 Å². The second-order valence-electron chi connectivity index (χ2n) is 5.93. The number of rotatable bonds is 7. The molecule has 0 aromatic carbocycles. The molecule has 128 valence electrons. The predicted molar refractivity (Wildman–Crippen MR) is 94.5 cm³/mol. The number of nitrogens with zero attached hydrogens (tertiary/aromatic N) is 2. The van der Waals surface area contributed by atoms with Crippen LogP contribution < -0.4 is 10.6 Å². The molecule has 1 fully saturated rings. The Morgan fingerprint density at radius 3 is 2.74 bits per heavy atom. The van der Waals surface area contributed by atoms with Crippen molar-refractivity contribution in [2.45, 2.75) is 58.1 Å². The van der Waals surface area contributed by atoms with Gasteiger partial charge in [-0.25, -0.2) is 4.99 Å². The van der Waals surface area contributed by atoms with Gasteiger partial charge in [0.1, 0.15) is 0 Å². The molecule has 1 saturated carbocycles. The van der Waals surface area contributed by atoms with E-state index in [1.54, 1.807) is 6.20 Å². The summed E-state index contributed by atoms with van der Waals surface area (Å²) in [5.74, 6) is 0.822. The van der Waals surface area contributed by atoms with Crippen LogP contribution in [0.15, 0.2) is 29.4 Å². The monoisotopic (exact) mass is 318 g/mol. The Labute approximate surface area is 139 Å². The van der Waals surface area contributed by atoms with Crippen molar-refractivity contribution in [1.29, 1.82) is 0 Å². The molecular formula is C18H30N4O. The van der Waals surface area contributed by atoms with Crippen molar-refractivity contribution in [3.05, 3.63) is 30.1 Å². The van der Waals surface area contributed by atoms with Gasteiger partial charge < -0.3 is 15.4 Å². The highest BCUT2D eigenvalue weighted by molar-refractivity contribution is 5.79. The lowest BCUT2D eigenvalue weighted by molar-refractivity contribution is 0.0468. The zero-order valence-electron chi connectivity index (χ0n) is 14.3. The zero-order chi connectivity index (χ0) is 16.2. The van der Waals surface area contributed by atoms with Gasteiger partial charge in [-0.3, -0.25) is 4.98 Å². The summed E-state index contributed by atoms with van der Waals surface area (Å²) in [4.78, 5) is 8.85. The van der Waals surface area contributed by atoms with E-state index in [0.29, 0.717) is 12.6 Å². The van der Waals surface area contributed by atoms with E-state index in [1.807, 2.05) is 18.2 Å². The van der Waals surface area contributed by atoms with E-state index in [0.717, 1.165) is 31.3 Å². The molecule has 0 radical (unpaired) electrons. The highest BCUT2D eigenvalue weighted by Crippen LogP contribution is 2.19. The number of nitrogens with one attached hydrogen (secondary N) is 2. The molecule has 1 aliphatic carbocycles. The van der Waals surface area contributed by atoms with Crippen LogP contribution in [0.3, 0.4) is 0 Å². The molecule has 23 heavy (non-hydrogen) atoms. The molecule has 5 heteroatoms. The van der Waals surface area contributed by atoms with Crippen molar-refractivity contribution in [1.82, 2.24) is 15.6 Å². The molecule has 5 nitrogen and oxygen atoms in total. The van der Waals surface area contributed by atoms with Crippen LogP contribution in [0.5, 0.6) is 0 Å². The Morgan fingerprint density at radius 1 is 1.22 bits per heavy atom. The van der Waals surface area contributed by atoms with Gasteiger partial charge in [0.15, 0.2) is 5.96 Å². The number of aromatic nitrogens is 1. The summed E-state index contributed by atoms with van der Waals surface area (Å²) in [5.41, 5.74) is 0.972. The van der Waals surface area contributed by atoms with E-state index in [2.05, 4.69) is 27.5 Å². The van der Waals surface area contributed by atoms with Crippen LogP contribution >= 0.6 is 0 Å². The van der Waals surface area contributed by atoms with Crippen LogP contribution in [0.25, 0.3) is 0 Å². The SMILES string of the molecule is CCNC(=NCc1ccccn1)NCCOC1CCCCCC1. The molecule has 2 N–H and O–H groups in total. The molecule has 0 spiro atoms. The fraction of sp³-hybridized carbons (Fsp3) is 0.667. The fourth-order valence-corrected chi connectivity index (χ4v) is 2.80. The van der Waals surface area contributed by atoms with Crippen LogP contribution in [0.4, 0.5) is 0 Å². The summed E-state index contributed by atoms with van der Waals surface area (Å²) in [7, 11) is 0. The average Bonchev–Trinajstić information content (AvgIpc) is 2.86. The molecule has 1 aromatic rings. The summed E-state index contributed by atoms with van der Waals surface area (Å²) < 4.78 is 6.00. The standard InChI is InChI=1S/C18H30N4O/c1-2-19-18(22-15-16-9-7-8-12-20-16)21-13-14-23-17-10-5-3-4-6-11-17/h7-9,12,17H,2-6,10-11,13-15H2,1H3,(H2,19,21,22). The molecule has 0 aliphatic heterocycles. The quantitative estimate of drug-likeness (QED) is 0.351. The van der Waals surface area contributed by atoms with Gasteiger partial charge in [-0.05, 0) is 31.9 Å². The highest BCUT2D eigenvalue weighted by Gasteiger charge is 2.12. The summed E-state index contributed by atoms with van der Waals surface area (Å²) in [6.45, 7) is 5.01. The minimum absolute atomic E-state index is 0.451. The number of ether oxygens (including phenoxy) is 1. The van der Waals surface area contributed by atoms with Crippen molar-refractivity contribution in [2.24, 2.45) is 4.99 Å². The lowest BCUT2D eigenvalue weighted by Crippen LogP contribution is -2.39. The van der Waals surface area contributed by atoms with Crippen molar-refractivity contribution in [2.75, 3.05) is 19.7 Å². The number of hydrogen-bond donors (Lipinski definition) is 2. The van der Waals surface area contributed by atoms with E-state index in [-0.39, 0.29) is 0 Å². The van der Waals surface area contributed by atoms with Crippen LogP contribution in [-0.4, -0.2) is 36.7 Å². The van der Waals surface area contributed by atoms with E-state index >= 15 is 0 Å². The Balaban J connectivity index is 1.69. The molecule has 1 aromatic heterocycles. The smallest absolute Gasteiger partial charge is 0.191 e. The second kappa shape index (κ2) is 11.0. The van der Waals surface area contributed by atoms with Gasteiger partial charge in [-0.15, -0.1) is 0 Å². The molecule has 0 unspecified atom stereocenters. The Hall–Kier alpha value is -1.62. The van der Waals surface area contributed by atoms with E-state index < -0.39 is 0 Å². The molecule has 0 bridgehead atoms. The number of hydrogen-bond acceptors (Lipinski definition) is 3. The van der Waals surface area contributed by atoms with Gasteiger partial charge in [0.05, 0.1) is 24.9 Å². The highest BCUT2D eigenvalue weighted by atomic mass is 16.5. The molecule has 0 atom stereocenters. The Kier molecular flexibility index (Phi) is 8.48. The Bertz CT molecular complexity index is 442. The van der Waals surface area contributed by atoms with Gasteiger partial charge in [0, 0.05) is 19.3 Å². The minimum Gasteiger partial charge on any atom is -0.376 e. The summed E-state index contributed by atoms with van der Waals surface area (Å²) in [6, 6.07) is 5.89. The predicted octanol–water partition coefficient (Wildman–Crippen LogP) is 2.88. The minimum atomic E-state index is 0.451. The first-order valence-electron chi connectivity index (χ1n) is 8.92. The van der Waals surface area contributed by atoms with E-state index in [9.17, 15) is 0 Å². The van der Waals surface area contributed by atoms with E-state index in [4.69, 9.17) is 4.74 Å². The van der Waals surface area contributed by atoms with Gasteiger partial charge in [-0.2, -0.15) is 0 Å². The molecule has 2 rings (SSSR count). The summed E-state index contributed by atoms with van der Waals surface area (Å²) >= 11 is 0. The lowest BCUT2D eigenvalue weighted by Gasteiger charge is -2.16. The topological polar surface area (TPSA) is 58.5 Å². The zero-order valence-corrected chi connectivity index (χ0v) is 14.3. The number of guanidine groups is 1. The number of aliphatic imine (C=N–C) groups is 1. The first kappa shape index (κ1) is 17.7. The normalized spacial score (nSPS) is 16.8. The Morgan fingerprint density at radius 2 is 2.04 bits per heavy atom. The number of pyridine rings is 1. The van der Waals surface area contributed by atoms with Gasteiger partial charge in [-0.1, -0.05) is 31.7 Å². The van der Waals surface area contributed by atoms with Crippen LogP contribution in [0.2, 0.25) is 0 Å².